The van der Waals surface area contributed by atoms with E-state index in [-0.39, 0.29) is 5.91 Å². The Kier molecular flexibility index (Phi) is 4.35. The maximum Gasteiger partial charge on any atom is 0.273 e. The first-order chi connectivity index (χ1) is 7.83. The molecule has 1 aromatic rings. The first kappa shape index (κ1) is 12.0. The van der Waals surface area contributed by atoms with E-state index in [1.54, 1.807) is 5.51 Å². The Morgan fingerprint density at radius 3 is 2.88 bits per heavy atom. The van der Waals surface area contributed by atoms with E-state index in [0.717, 1.165) is 24.7 Å². The van der Waals surface area contributed by atoms with Crippen LogP contribution < -0.4 is 0 Å². The fourth-order valence-electron chi connectivity index (χ4n) is 2.22. The molecule has 16 heavy (non-hydrogen) atoms. The molecule has 1 fully saturated rings. The van der Waals surface area contributed by atoms with E-state index in [1.807, 2.05) is 10.3 Å². The van der Waals surface area contributed by atoms with Crippen molar-refractivity contribution in [3.63, 3.8) is 0 Å². The monoisotopic (exact) mass is 302 g/mol. The molecule has 0 unspecified atom stereocenters. The van der Waals surface area contributed by atoms with Gasteiger partial charge in [0.05, 0.1) is 5.51 Å². The Hall–Kier alpha value is -0.420. The zero-order valence-electron chi connectivity index (χ0n) is 9.06. The number of nitrogens with zero attached hydrogens (tertiary/aromatic N) is 2. The van der Waals surface area contributed by atoms with Crippen molar-refractivity contribution in [1.82, 2.24) is 9.88 Å². The van der Waals surface area contributed by atoms with Gasteiger partial charge in [-0.2, -0.15) is 0 Å². The summed E-state index contributed by atoms with van der Waals surface area (Å²) in [5, 5.41) is 2.66. The van der Waals surface area contributed by atoms with Crippen molar-refractivity contribution in [3.8, 4) is 0 Å². The molecule has 1 aliphatic rings. The highest BCUT2D eigenvalue weighted by Gasteiger charge is 2.27. The highest BCUT2D eigenvalue weighted by Crippen LogP contribution is 2.24. The second-order valence-corrected chi connectivity index (χ2v) is 5.51. The van der Waals surface area contributed by atoms with Crippen LogP contribution in [0.25, 0.3) is 0 Å². The molecule has 1 heterocycles. The Morgan fingerprint density at radius 1 is 1.56 bits per heavy atom. The van der Waals surface area contributed by atoms with Gasteiger partial charge in [-0.15, -0.1) is 11.3 Å². The Labute approximate surface area is 108 Å². The first-order valence-electron chi connectivity index (χ1n) is 5.58. The van der Waals surface area contributed by atoms with Crippen LogP contribution in [0.3, 0.4) is 0 Å². The van der Waals surface area contributed by atoms with E-state index >= 15 is 0 Å². The van der Waals surface area contributed by atoms with Crippen molar-refractivity contribution in [2.45, 2.75) is 31.7 Å². The SMILES string of the molecule is O=C(c1cscn1)N(CCBr)C1CCCC1. The van der Waals surface area contributed by atoms with Crippen molar-refractivity contribution < 1.29 is 4.79 Å². The summed E-state index contributed by atoms with van der Waals surface area (Å²) in [5.41, 5.74) is 2.31. The molecular formula is C11H15BrN2OS. The Bertz CT molecular complexity index is 336. The predicted octanol–water partition coefficient (Wildman–Crippen LogP) is 2.92. The lowest BCUT2D eigenvalue weighted by Crippen LogP contribution is -2.40. The Balaban J connectivity index is 2.09. The van der Waals surface area contributed by atoms with Crippen LogP contribution in [0.15, 0.2) is 10.9 Å². The molecule has 0 N–H and O–H groups in total. The number of amides is 1. The molecule has 0 bridgehead atoms. The molecule has 1 aromatic heterocycles. The van der Waals surface area contributed by atoms with Gasteiger partial charge in [0.25, 0.3) is 5.91 Å². The number of hydrogen-bond acceptors (Lipinski definition) is 3. The molecule has 1 amide bonds. The number of carbonyl (C=O) groups is 1. The van der Waals surface area contributed by atoms with Crippen LogP contribution in [-0.4, -0.2) is 33.7 Å². The molecule has 0 atom stereocenters. The lowest BCUT2D eigenvalue weighted by Gasteiger charge is -2.27. The highest BCUT2D eigenvalue weighted by atomic mass is 79.9. The van der Waals surface area contributed by atoms with Gasteiger partial charge < -0.3 is 4.90 Å². The summed E-state index contributed by atoms with van der Waals surface area (Å²) in [6.07, 6.45) is 4.77. The minimum absolute atomic E-state index is 0.0904. The molecule has 88 valence electrons. The van der Waals surface area contributed by atoms with Crippen molar-refractivity contribution in [2.24, 2.45) is 0 Å². The number of aromatic nitrogens is 1. The van der Waals surface area contributed by atoms with Gasteiger partial charge in [-0.05, 0) is 12.8 Å². The fourth-order valence-corrected chi connectivity index (χ4v) is 3.13. The number of carbonyl (C=O) groups excluding carboxylic acids is 1. The smallest absolute Gasteiger partial charge is 0.273 e. The van der Waals surface area contributed by atoms with Gasteiger partial charge >= 0.3 is 0 Å². The van der Waals surface area contributed by atoms with E-state index in [0.29, 0.717) is 11.7 Å². The maximum atomic E-state index is 12.2. The average molecular weight is 303 g/mol. The summed E-state index contributed by atoms with van der Waals surface area (Å²) in [4.78, 5) is 18.3. The van der Waals surface area contributed by atoms with E-state index in [2.05, 4.69) is 20.9 Å². The summed E-state index contributed by atoms with van der Waals surface area (Å²) in [6.45, 7) is 0.779. The molecule has 1 saturated carbocycles. The van der Waals surface area contributed by atoms with Crippen LogP contribution in [0, 0.1) is 0 Å². The summed E-state index contributed by atoms with van der Waals surface area (Å²) in [6, 6.07) is 0.423. The van der Waals surface area contributed by atoms with Crippen LogP contribution in [0.5, 0.6) is 0 Å². The molecule has 0 aromatic carbocycles. The molecule has 0 radical (unpaired) electrons. The van der Waals surface area contributed by atoms with Gasteiger partial charge in [-0.3, -0.25) is 4.79 Å². The van der Waals surface area contributed by atoms with E-state index < -0.39 is 0 Å². The molecule has 0 aliphatic heterocycles. The third kappa shape index (κ3) is 2.63. The van der Waals surface area contributed by atoms with Crippen molar-refractivity contribution in [2.75, 3.05) is 11.9 Å². The average Bonchev–Trinajstić information content (AvgIpc) is 2.96. The molecule has 1 aliphatic carbocycles. The zero-order valence-corrected chi connectivity index (χ0v) is 11.5. The third-order valence-electron chi connectivity index (χ3n) is 3.00. The van der Waals surface area contributed by atoms with Gasteiger partial charge in [-0.1, -0.05) is 28.8 Å². The molecule has 0 spiro atoms. The fraction of sp³-hybridized carbons (Fsp3) is 0.636. The molecule has 2 rings (SSSR count). The number of rotatable bonds is 4. The summed E-state index contributed by atoms with van der Waals surface area (Å²) >= 11 is 4.89. The Morgan fingerprint density at radius 2 is 2.31 bits per heavy atom. The standard InChI is InChI=1S/C11H15BrN2OS/c12-5-6-14(9-3-1-2-4-9)11(15)10-7-16-8-13-10/h7-9H,1-6H2. The van der Waals surface area contributed by atoms with Crippen LogP contribution in [0.1, 0.15) is 36.2 Å². The lowest BCUT2D eigenvalue weighted by atomic mass is 10.2. The molecule has 3 nitrogen and oxygen atoms in total. The minimum Gasteiger partial charge on any atom is -0.333 e. The van der Waals surface area contributed by atoms with E-state index in [9.17, 15) is 4.79 Å². The maximum absolute atomic E-state index is 12.2. The summed E-state index contributed by atoms with van der Waals surface area (Å²) < 4.78 is 0. The molecule has 5 heteroatoms. The number of hydrogen-bond donors (Lipinski definition) is 0. The van der Waals surface area contributed by atoms with E-state index in [4.69, 9.17) is 0 Å². The van der Waals surface area contributed by atoms with Gasteiger partial charge in [0.2, 0.25) is 0 Å². The number of thiazole rings is 1. The quantitative estimate of drug-likeness (QED) is 0.801. The van der Waals surface area contributed by atoms with Crippen molar-refractivity contribution in [1.29, 1.82) is 0 Å². The van der Waals surface area contributed by atoms with Crippen LogP contribution in [0.2, 0.25) is 0 Å². The summed E-state index contributed by atoms with van der Waals surface area (Å²) in [5.74, 6) is 0.0904. The van der Waals surface area contributed by atoms with Crippen LogP contribution >= 0.6 is 27.3 Å². The van der Waals surface area contributed by atoms with Gasteiger partial charge in [0.15, 0.2) is 0 Å². The predicted molar refractivity (Wildman–Crippen MR) is 69.2 cm³/mol. The van der Waals surface area contributed by atoms with Gasteiger partial charge in [0, 0.05) is 23.3 Å². The second-order valence-electron chi connectivity index (χ2n) is 4.00. The molecule has 0 saturated heterocycles. The zero-order chi connectivity index (χ0) is 11.4. The topological polar surface area (TPSA) is 33.2 Å². The first-order valence-corrected chi connectivity index (χ1v) is 7.64. The molecular weight excluding hydrogens is 288 g/mol. The van der Waals surface area contributed by atoms with Crippen LogP contribution in [-0.2, 0) is 0 Å². The van der Waals surface area contributed by atoms with Crippen LogP contribution in [0.4, 0.5) is 0 Å². The number of halogens is 1. The summed E-state index contributed by atoms with van der Waals surface area (Å²) in [7, 11) is 0. The second kappa shape index (κ2) is 5.77. The highest BCUT2D eigenvalue weighted by molar-refractivity contribution is 9.09. The normalized spacial score (nSPS) is 16.6. The minimum atomic E-state index is 0.0904. The lowest BCUT2D eigenvalue weighted by molar-refractivity contribution is 0.0691. The van der Waals surface area contributed by atoms with Gasteiger partial charge in [0.1, 0.15) is 5.69 Å². The van der Waals surface area contributed by atoms with Gasteiger partial charge in [-0.25, -0.2) is 4.98 Å². The largest absolute Gasteiger partial charge is 0.333 e. The van der Waals surface area contributed by atoms with Crippen molar-refractivity contribution in [3.05, 3.63) is 16.6 Å². The number of alkyl halides is 1. The van der Waals surface area contributed by atoms with E-state index in [1.165, 1.54) is 24.2 Å². The van der Waals surface area contributed by atoms with Crippen molar-refractivity contribution >= 4 is 33.2 Å². The third-order valence-corrected chi connectivity index (χ3v) is 3.94.